The molecule has 0 radical (unpaired) electrons. The molecule has 0 aliphatic heterocycles. The molecule has 0 saturated heterocycles. The smallest absolute Gasteiger partial charge is 0.226 e. The number of aromatic nitrogens is 5. The third-order valence-corrected chi connectivity index (χ3v) is 5.37. The monoisotopic (exact) mass is 395 g/mol. The van der Waals surface area contributed by atoms with Gasteiger partial charge in [-0.05, 0) is 30.7 Å². The molecule has 0 fully saturated rings. The molecular formula is C20H21N5O2S. The lowest BCUT2D eigenvalue weighted by Crippen LogP contribution is -2.05. The molecule has 0 unspecified atom stereocenters. The molecule has 0 bridgehead atoms. The van der Waals surface area contributed by atoms with E-state index in [1.165, 1.54) is 0 Å². The van der Waals surface area contributed by atoms with Gasteiger partial charge in [-0.1, -0.05) is 29.1 Å². The Morgan fingerprint density at radius 1 is 1.11 bits per heavy atom. The highest BCUT2D eigenvalue weighted by atomic mass is 32.2. The molecule has 3 aromatic heterocycles. The third kappa shape index (κ3) is 4.23. The molecule has 0 aliphatic carbocycles. The fraction of sp³-hybridized carbons (Fsp3) is 0.300. The van der Waals surface area contributed by atoms with Crippen LogP contribution in [0.5, 0.6) is 0 Å². The fourth-order valence-corrected chi connectivity index (χ4v) is 3.90. The number of benzene rings is 1. The molecule has 0 saturated carbocycles. The van der Waals surface area contributed by atoms with Crippen molar-refractivity contribution in [1.82, 2.24) is 24.7 Å². The quantitative estimate of drug-likeness (QED) is 0.314. The van der Waals surface area contributed by atoms with E-state index in [0.29, 0.717) is 18.3 Å². The van der Waals surface area contributed by atoms with Crippen LogP contribution in [0.4, 0.5) is 0 Å². The Morgan fingerprint density at radius 2 is 1.96 bits per heavy atom. The number of nitrogens with zero attached hydrogens (tertiary/aromatic N) is 5. The highest BCUT2D eigenvalue weighted by Gasteiger charge is 2.12. The van der Waals surface area contributed by atoms with Gasteiger partial charge in [-0.3, -0.25) is 4.98 Å². The Balaban J connectivity index is 1.36. The van der Waals surface area contributed by atoms with Gasteiger partial charge in [0.15, 0.2) is 5.16 Å². The number of pyridine rings is 1. The van der Waals surface area contributed by atoms with E-state index >= 15 is 0 Å². The van der Waals surface area contributed by atoms with E-state index in [-0.39, 0.29) is 0 Å². The number of thioether (sulfide) groups is 1. The van der Waals surface area contributed by atoms with Crippen LogP contribution < -0.4 is 0 Å². The van der Waals surface area contributed by atoms with Gasteiger partial charge in [0.25, 0.3) is 0 Å². The normalized spacial score (nSPS) is 11.3. The molecule has 4 rings (SSSR count). The Bertz CT molecular complexity index is 1030. The van der Waals surface area contributed by atoms with Crippen LogP contribution in [0.3, 0.4) is 0 Å². The van der Waals surface area contributed by atoms with Gasteiger partial charge in [-0.25, -0.2) is 4.98 Å². The summed E-state index contributed by atoms with van der Waals surface area (Å²) in [6, 6.07) is 11.9. The van der Waals surface area contributed by atoms with Crippen molar-refractivity contribution in [1.29, 1.82) is 0 Å². The maximum Gasteiger partial charge on any atom is 0.226 e. The van der Waals surface area contributed by atoms with Crippen molar-refractivity contribution in [3.63, 3.8) is 0 Å². The van der Waals surface area contributed by atoms with Crippen LogP contribution in [0.2, 0.25) is 0 Å². The summed E-state index contributed by atoms with van der Waals surface area (Å²) in [5, 5.41) is 5.06. The van der Waals surface area contributed by atoms with Gasteiger partial charge in [0, 0.05) is 43.8 Å². The first-order valence-corrected chi connectivity index (χ1v) is 10.1. The SMILES string of the molecule is COCCn1c(SCCCc2nc(-c3ccncc3)no2)nc2ccccc21. The molecule has 0 spiro atoms. The molecule has 144 valence electrons. The zero-order chi connectivity index (χ0) is 19.2. The van der Waals surface area contributed by atoms with Gasteiger partial charge in [0.1, 0.15) is 0 Å². The Hall–Kier alpha value is -2.71. The standard InChI is InChI=1S/C20H21N5O2S/c1-26-13-12-25-17-6-3-2-5-16(17)22-20(25)28-14-4-7-18-23-19(24-27-18)15-8-10-21-11-9-15/h2-3,5-6,8-11H,4,7,12-14H2,1H3. The first-order valence-electron chi connectivity index (χ1n) is 9.15. The number of imidazole rings is 1. The number of aryl methyl sites for hydroxylation is 1. The minimum atomic E-state index is 0.603. The predicted molar refractivity (Wildman–Crippen MR) is 108 cm³/mol. The lowest BCUT2D eigenvalue weighted by Gasteiger charge is -2.07. The van der Waals surface area contributed by atoms with E-state index in [4.69, 9.17) is 14.2 Å². The molecule has 28 heavy (non-hydrogen) atoms. The molecule has 0 amide bonds. The van der Waals surface area contributed by atoms with Gasteiger partial charge < -0.3 is 13.8 Å². The Kier molecular flexibility index (Phi) is 5.98. The number of hydrogen-bond donors (Lipinski definition) is 0. The van der Waals surface area contributed by atoms with Gasteiger partial charge in [0.05, 0.1) is 17.6 Å². The van der Waals surface area contributed by atoms with Crippen molar-refractivity contribution >= 4 is 22.8 Å². The van der Waals surface area contributed by atoms with Gasteiger partial charge >= 0.3 is 0 Å². The number of fused-ring (bicyclic) bond motifs is 1. The van der Waals surface area contributed by atoms with E-state index < -0.39 is 0 Å². The van der Waals surface area contributed by atoms with Gasteiger partial charge in [-0.15, -0.1) is 0 Å². The number of methoxy groups -OCH3 is 1. The third-order valence-electron chi connectivity index (χ3n) is 4.31. The number of rotatable bonds is 9. The lowest BCUT2D eigenvalue weighted by molar-refractivity contribution is 0.186. The Labute approximate surface area is 167 Å². The van der Waals surface area contributed by atoms with Gasteiger partial charge in [-0.2, -0.15) is 4.98 Å². The zero-order valence-electron chi connectivity index (χ0n) is 15.6. The van der Waals surface area contributed by atoms with Crippen LogP contribution in [0.15, 0.2) is 58.5 Å². The molecule has 3 heterocycles. The molecule has 8 heteroatoms. The summed E-state index contributed by atoms with van der Waals surface area (Å²) in [6.07, 6.45) is 5.11. The molecule has 0 aliphatic rings. The lowest BCUT2D eigenvalue weighted by atomic mass is 10.2. The van der Waals surface area contributed by atoms with E-state index in [9.17, 15) is 0 Å². The minimum absolute atomic E-state index is 0.603. The summed E-state index contributed by atoms with van der Waals surface area (Å²) >= 11 is 1.74. The van der Waals surface area contributed by atoms with Crippen molar-refractivity contribution in [2.24, 2.45) is 0 Å². The van der Waals surface area contributed by atoms with Gasteiger partial charge in [0.2, 0.25) is 11.7 Å². The van der Waals surface area contributed by atoms with Crippen LogP contribution in [0.1, 0.15) is 12.3 Å². The minimum Gasteiger partial charge on any atom is -0.383 e. The predicted octanol–water partition coefficient (Wildman–Crippen LogP) is 3.85. The number of ether oxygens (including phenoxy) is 1. The first kappa shape index (κ1) is 18.6. The summed E-state index contributed by atoms with van der Waals surface area (Å²) in [5.74, 6) is 2.18. The highest BCUT2D eigenvalue weighted by molar-refractivity contribution is 7.99. The summed E-state index contributed by atoms with van der Waals surface area (Å²) in [4.78, 5) is 13.2. The van der Waals surface area contributed by atoms with Crippen molar-refractivity contribution in [3.8, 4) is 11.4 Å². The topological polar surface area (TPSA) is 78.9 Å². The van der Waals surface area contributed by atoms with E-state index in [1.54, 1.807) is 31.3 Å². The highest BCUT2D eigenvalue weighted by Crippen LogP contribution is 2.25. The average molecular weight is 395 g/mol. The van der Waals surface area contributed by atoms with E-state index in [1.807, 2.05) is 30.3 Å². The molecular weight excluding hydrogens is 374 g/mol. The average Bonchev–Trinajstić information content (AvgIpc) is 3.35. The number of para-hydroxylation sites is 2. The first-order chi connectivity index (χ1) is 13.8. The maximum atomic E-state index is 5.37. The van der Waals surface area contributed by atoms with E-state index in [0.717, 1.165) is 46.9 Å². The molecule has 1 aromatic carbocycles. The summed E-state index contributed by atoms with van der Waals surface area (Å²) in [7, 11) is 1.72. The van der Waals surface area contributed by atoms with Crippen LogP contribution >= 0.6 is 11.8 Å². The summed E-state index contributed by atoms with van der Waals surface area (Å²) in [5.41, 5.74) is 3.06. The van der Waals surface area contributed by atoms with Crippen LogP contribution in [0, 0.1) is 0 Å². The maximum absolute atomic E-state index is 5.37. The van der Waals surface area contributed by atoms with E-state index in [2.05, 4.69) is 25.8 Å². The largest absolute Gasteiger partial charge is 0.383 e. The molecule has 7 nitrogen and oxygen atoms in total. The van der Waals surface area contributed by atoms with Crippen LogP contribution in [0.25, 0.3) is 22.4 Å². The second-order valence-electron chi connectivity index (χ2n) is 6.23. The molecule has 0 N–H and O–H groups in total. The van der Waals surface area contributed by atoms with Crippen LogP contribution in [-0.2, 0) is 17.7 Å². The molecule has 0 atom stereocenters. The summed E-state index contributed by atoms with van der Waals surface area (Å²) < 4.78 is 12.8. The fourth-order valence-electron chi connectivity index (χ4n) is 2.92. The molecule has 4 aromatic rings. The number of hydrogen-bond acceptors (Lipinski definition) is 7. The van der Waals surface area contributed by atoms with Crippen LogP contribution in [-0.4, -0.2) is 44.1 Å². The second kappa shape index (κ2) is 8.99. The Morgan fingerprint density at radius 3 is 2.82 bits per heavy atom. The second-order valence-corrected chi connectivity index (χ2v) is 7.29. The van der Waals surface area contributed by atoms with Crippen molar-refractivity contribution in [2.45, 2.75) is 24.5 Å². The van der Waals surface area contributed by atoms with Crippen molar-refractivity contribution in [2.75, 3.05) is 19.5 Å². The van der Waals surface area contributed by atoms with Crippen molar-refractivity contribution < 1.29 is 9.26 Å². The van der Waals surface area contributed by atoms with Crippen molar-refractivity contribution in [3.05, 3.63) is 54.7 Å². The summed E-state index contributed by atoms with van der Waals surface area (Å²) in [6.45, 7) is 1.45. The zero-order valence-corrected chi connectivity index (χ0v) is 16.4.